The molecule has 5 nitrogen and oxygen atoms in total. The molecule has 1 amide bonds. The SMILES string of the molecule is N[C@H](C(=O)N1CCC(N2CCOCC2)C1)c1ccccc1. The minimum absolute atomic E-state index is 0.0389. The number of likely N-dealkylation sites (tertiary alicyclic amines) is 1. The van der Waals surface area contributed by atoms with Crippen LogP contribution in [0.2, 0.25) is 0 Å². The molecule has 0 spiro atoms. The van der Waals surface area contributed by atoms with E-state index in [2.05, 4.69) is 4.90 Å². The molecule has 2 saturated heterocycles. The highest BCUT2D eigenvalue weighted by molar-refractivity contribution is 5.83. The van der Waals surface area contributed by atoms with Crippen LogP contribution in [0.25, 0.3) is 0 Å². The fourth-order valence-electron chi connectivity index (χ4n) is 3.18. The van der Waals surface area contributed by atoms with Crippen molar-refractivity contribution in [3.63, 3.8) is 0 Å². The van der Waals surface area contributed by atoms with Crippen molar-refractivity contribution in [1.29, 1.82) is 0 Å². The first-order chi connectivity index (χ1) is 10.3. The third-order valence-corrected chi connectivity index (χ3v) is 4.46. The molecular formula is C16H23N3O2. The van der Waals surface area contributed by atoms with Gasteiger partial charge in [0.1, 0.15) is 6.04 Å². The summed E-state index contributed by atoms with van der Waals surface area (Å²) in [6, 6.07) is 9.52. The van der Waals surface area contributed by atoms with Crippen molar-refractivity contribution in [2.75, 3.05) is 39.4 Å². The summed E-state index contributed by atoms with van der Waals surface area (Å²) in [7, 11) is 0. The van der Waals surface area contributed by atoms with E-state index in [1.54, 1.807) is 0 Å². The Morgan fingerprint density at radius 2 is 1.90 bits per heavy atom. The van der Waals surface area contributed by atoms with Crippen molar-refractivity contribution in [2.45, 2.75) is 18.5 Å². The number of amides is 1. The fraction of sp³-hybridized carbons (Fsp3) is 0.562. The van der Waals surface area contributed by atoms with Gasteiger partial charge < -0.3 is 15.4 Å². The summed E-state index contributed by atoms with van der Waals surface area (Å²) in [4.78, 5) is 16.9. The number of nitrogens with zero attached hydrogens (tertiary/aromatic N) is 2. The molecule has 0 saturated carbocycles. The second-order valence-corrected chi connectivity index (χ2v) is 5.76. The van der Waals surface area contributed by atoms with Gasteiger partial charge in [0.05, 0.1) is 13.2 Å². The van der Waals surface area contributed by atoms with Crippen LogP contribution in [0.1, 0.15) is 18.0 Å². The quantitative estimate of drug-likeness (QED) is 0.886. The highest BCUT2D eigenvalue weighted by Gasteiger charge is 2.33. The maximum absolute atomic E-state index is 12.5. The molecule has 2 aliphatic heterocycles. The van der Waals surface area contributed by atoms with E-state index in [1.165, 1.54) is 0 Å². The van der Waals surface area contributed by atoms with Crippen LogP contribution in [-0.4, -0.2) is 61.1 Å². The molecule has 1 aromatic carbocycles. The summed E-state index contributed by atoms with van der Waals surface area (Å²) < 4.78 is 5.39. The topological polar surface area (TPSA) is 58.8 Å². The van der Waals surface area contributed by atoms with Gasteiger partial charge in [0.15, 0.2) is 0 Å². The van der Waals surface area contributed by atoms with Crippen molar-refractivity contribution < 1.29 is 9.53 Å². The standard InChI is InChI=1S/C16H23N3O2/c17-15(13-4-2-1-3-5-13)16(20)19-7-6-14(12-19)18-8-10-21-11-9-18/h1-5,14-15H,6-12,17H2/t14?,15-/m0/s1. The lowest BCUT2D eigenvalue weighted by Crippen LogP contribution is -2.46. The van der Waals surface area contributed by atoms with Crippen LogP contribution in [0, 0.1) is 0 Å². The van der Waals surface area contributed by atoms with E-state index >= 15 is 0 Å². The first-order valence-corrected chi connectivity index (χ1v) is 7.67. The number of rotatable bonds is 3. The third kappa shape index (κ3) is 3.26. The Hall–Kier alpha value is -1.43. The van der Waals surface area contributed by atoms with Crippen molar-refractivity contribution in [2.24, 2.45) is 5.73 Å². The van der Waals surface area contributed by atoms with Crippen LogP contribution in [-0.2, 0) is 9.53 Å². The number of carbonyl (C=O) groups is 1. The molecule has 2 atom stereocenters. The number of carbonyl (C=O) groups excluding carboxylic acids is 1. The number of morpholine rings is 1. The Labute approximate surface area is 125 Å². The van der Waals surface area contributed by atoms with Crippen LogP contribution in [0.5, 0.6) is 0 Å². The molecule has 2 heterocycles. The zero-order valence-corrected chi connectivity index (χ0v) is 12.3. The summed E-state index contributed by atoms with van der Waals surface area (Å²) in [5.74, 6) is 0.0389. The van der Waals surface area contributed by atoms with Crippen molar-refractivity contribution in [1.82, 2.24) is 9.80 Å². The van der Waals surface area contributed by atoms with Gasteiger partial charge in [-0.15, -0.1) is 0 Å². The van der Waals surface area contributed by atoms with E-state index in [1.807, 2.05) is 35.2 Å². The van der Waals surface area contributed by atoms with E-state index in [4.69, 9.17) is 10.5 Å². The van der Waals surface area contributed by atoms with Crippen molar-refractivity contribution in [3.8, 4) is 0 Å². The number of ether oxygens (including phenoxy) is 1. The lowest BCUT2D eigenvalue weighted by Gasteiger charge is -2.32. The van der Waals surface area contributed by atoms with Gasteiger partial charge in [-0.3, -0.25) is 9.69 Å². The lowest BCUT2D eigenvalue weighted by atomic mass is 10.1. The van der Waals surface area contributed by atoms with Gasteiger partial charge in [0, 0.05) is 32.2 Å². The predicted octanol–water partition coefficient (Wildman–Crippen LogP) is 0.620. The van der Waals surface area contributed by atoms with Gasteiger partial charge in [0.25, 0.3) is 0 Å². The van der Waals surface area contributed by atoms with Crippen LogP contribution in [0.3, 0.4) is 0 Å². The molecular weight excluding hydrogens is 266 g/mol. The Kier molecular flexibility index (Phi) is 4.53. The van der Waals surface area contributed by atoms with Gasteiger partial charge in [0.2, 0.25) is 5.91 Å². The molecule has 2 aliphatic rings. The molecule has 1 unspecified atom stereocenters. The van der Waals surface area contributed by atoms with Gasteiger partial charge >= 0.3 is 0 Å². The zero-order chi connectivity index (χ0) is 14.7. The maximum Gasteiger partial charge on any atom is 0.244 e. The summed E-state index contributed by atoms with van der Waals surface area (Å²) in [5, 5.41) is 0. The van der Waals surface area contributed by atoms with Crippen LogP contribution in [0.15, 0.2) is 30.3 Å². The largest absolute Gasteiger partial charge is 0.379 e. The summed E-state index contributed by atoms with van der Waals surface area (Å²) in [6.45, 7) is 5.14. The summed E-state index contributed by atoms with van der Waals surface area (Å²) in [6.07, 6.45) is 1.03. The number of hydrogen-bond donors (Lipinski definition) is 1. The molecule has 0 bridgehead atoms. The molecule has 3 rings (SSSR count). The first kappa shape index (κ1) is 14.5. The molecule has 2 fully saturated rings. The molecule has 0 radical (unpaired) electrons. The Bertz CT molecular complexity index is 474. The molecule has 114 valence electrons. The van der Waals surface area contributed by atoms with Gasteiger partial charge in [-0.25, -0.2) is 0 Å². The Morgan fingerprint density at radius 3 is 2.62 bits per heavy atom. The maximum atomic E-state index is 12.5. The smallest absolute Gasteiger partial charge is 0.244 e. The highest BCUT2D eigenvalue weighted by Crippen LogP contribution is 2.21. The van der Waals surface area contributed by atoms with Gasteiger partial charge in [-0.1, -0.05) is 30.3 Å². The third-order valence-electron chi connectivity index (χ3n) is 4.46. The van der Waals surface area contributed by atoms with E-state index in [0.717, 1.165) is 51.4 Å². The fourth-order valence-corrected chi connectivity index (χ4v) is 3.18. The van der Waals surface area contributed by atoms with E-state index < -0.39 is 6.04 Å². The van der Waals surface area contributed by atoms with E-state index in [9.17, 15) is 4.79 Å². The molecule has 0 aliphatic carbocycles. The number of hydrogen-bond acceptors (Lipinski definition) is 4. The average Bonchev–Trinajstić information content (AvgIpc) is 3.05. The molecule has 1 aromatic rings. The second-order valence-electron chi connectivity index (χ2n) is 5.76. The van der Waals surface area contributed by atoms with Gasteiger partial charge in [-0.2, -0.15) is 0 Å². The van der Waals surface area contributed by atoms with E-state index in [0.29, 0.717) is 6.04 Å². The normalized spacial score (nSPS) is 25.0. The minimum atomic E-state index is -0.547. The Balaban J connectivity index is 1.59. The summed E-state index contributed by atoms with van der Waals surface area (Å²) in [5.41, 5.74) is 7.00. The lowest BCUT2D eigenvalue weighted by molar-refractivity contribution is -0.131. The molecule has 0 aromatic heterocycles. The zero-order valence-electron chi connectivity index (χ0n) is 12.3. The van der Waals surface area contributed by atoms with Crippen LogP contribution < -0.4 is 5.73 Å². The van der Waals surface area contributed by atoms with Gasteiger partial charge in [-0.05, 0) is 12.0 Å². The predicted molar refractivity (Wildman–Crippen MR) is 80.7 cm³/mol. The van der Waals surface area contributed by atoms with Crippen LogP contribution in [0.4, 0.5) is 0 Å². The Morgan fingerprint density at radius 1 is 1.19 bits per heavy atom. The molecule has 21 heavy (non-hydrogen) atoms. The molecule has 2 N–H and O–H groups in total. The average molecular weight is 289 g/mol. The highest BCUT2D eigenvalue weighted by atomic mass is 16.5. The van der Waals surface area contributed by atoms with E-state index in [-0.39, 0.29) is 5.91 Å². The number of benzene rings is 1. The summed E-state index contributed by atoms with van der Waals surface area (Å²) >= 11 is 0. The second kappa shape index (κ2) is 6.56. The molecule has 5 heteroatoms. The number of nitrogens with two attached hydrogens (primary N) is 1. The van der Waals surface area contributed by atoms with Crippen molar-refractivity contribution >= 4 is 5.91 Å². The minimum Gasteiger partial charge on any atom is -0.379 e. The van der Waals surface area contributed by atoms with Crippen LogP contribution >= 0.6 is 0 Å². The monoisotopic (exact) mass is 289 g/mol. The van der Waals surface area contributed by atoms with Crippen molar-refractivity contribution in [3.05, 3.63) is 35.9 Å². The first-order valence-electron chi connectivity index (χ1n) is 7.67.